The van der Waals surface area contributed by atoms with Crippen LogP contribution in [0.3, 0.4) is 0 Å². The van der Waals surface area contributed by atoms with Crippen molar-refractivity contribution < 1.29 is 26.4 Å². The van der Waals surface area contributed by atoms with E-state index in [1.54, 1.807) is 14.2 Å². The van der Waals surface area contributed by atoms with Crippen LogP contribution in [0.4, 0.5) is 0 Å². The number of benzene rings is 2. The third-order valence-corrected chi connectivity index (χ3v) is 8.22. The molecule has 1 aliphatic rings. The van der Waals surface area contributed by atoms with E-state index in [1.165, 1.54) is 29.2 Å². The van der Waals surface area contributed by atoms with E-state index in [2.05, 4.69) is 4.72 Å². The number of methoxy groups -OCH3 is 1. The highest BCUT2D eigenvalue weighted by atomic mass is 32.2. The Labute approximate surface area is 176 Å². The number of hydrogen-bond acceptors (Lipinski definition) is 6. The van der Waals surface area contributed by atoms with Crippen LogP contribution in [-0.4, -0.2) is 59.3 Å². The first kappa shape index (κ1) is 22.3. The first-order valence-corrected chi connectivity index (χ1v) is 12.6. The molecule has 0 bridgehead atoms. The van der Waals surface area contributed by atoms with Gasteiger partial charge in [0, 0.05) is 30.8 Å². The van der Waals surface area contributed by atoms with Gasteiger partial charge in [-0.3, -0.25) is 4.79 Å². The number of sulfone groups is 1. The van der Waals surface area contributed by atoms with Gasteiger partial charge in [-0.2, -0.15) is 0 Å². The van der Waals surface area contributed by atoms with Crippen LogP contribution in [0.2, 0.25) is 0 Å². The van der Waals surface area contributed by atoms with Gasteiger partial charge in [0.2, 0.25) is 10.0 Å². The largest absolute Gasteiger partial charge is 0.496 e. The molecule has 1 saturated heterocycles. The summed E-state index contributed by atoms with van der Waals surface area (Å²) in [5, 5.41) is 0. The number of nitrogens with zero attached hydrogens (tertiary/aromatic N) is 1. The van der Waals surface area contributed by atoms with Gasteiger partial charge in [0.25, 0.3) is 5.91 Å². The molecule has 30 heavy (non-hydrogen) atoms. The van der Waals surface area contributed by atoms with Crippen LogP contribution in [0.15, 0.2) is 53.4 Å². The van der Waals surface area contributed by atoms with Crippen LogP contribution >= 0.6 is 0 Å². The molecule has 1 amide bonds. The summed E-state index contributed by atoms with van der Waals surface area (Å²) in [6.45, 7) is 0.334. The third-order valence-electron chi connectivity index (χ3n) is 4.91. The molecule has 8 nitrogen and oxygen atoms in total. The molecular formula is C20H24N2O6S2. The zero-order valence-electron chi connectivity index (χ0n) is 16.7. The van der Waals surface area contributed by atoms with E-state index in [0.717, 1.165) is 5.56 Å². The van der Waals surface area contributed by atoms with Crippen LogP contribution in [0, 0.1) is 0 Å². The molecular weight excluding hydrogens is 428 g/mol. The molecule has 1 aliphatic heterocycles. The van der Waals surface area contributed by atoms with Crippen molar-refractivity contribution in [1.82, 2.24) is 9.62 Å². The predicted octanol–water partition coefficient (Wildman–Crippen LogP) is 1.43. The van der Waals surface area contributed by atoms with E-state index in [0.29, 0.717) is 17.9 Å². The van der Waals surface area contributed by atoms with Gasteiger partial charge >= 0.3 is 0 Å². The normalized spacial score (nSPS) is 18.1. The number of rotatable bonds is 7. The number of ether oxygens (including phenoxy) is 1. The van der Waals surface area contributed by atoms with Gasteiger partial charge in [-0.05, 0) is 36.8 Å². The fourth-order valence-corrected chi connectivity index (χ4v) is 6.38. The number of carbonyl (C=O) groups is 1. The Morgan fingerprint density at radius 1 is 1.17 bits per heavy atom. The van der Waals surface area contributed by atoms with Crippen LogP contribution in [0.1, 0.15) is 22.3 Å². The van der Waals surface area contributed by atoms with Crippen LogP contribution in [-0.2, 0) is 26.4 Å². The van der Waals surface area contributed by atoms with Crippen molar-refractivity contribution in [3.05, 3.63) is 59.7 Å². The van der Waals surface area contributed by atoms with E-state index in [9.17, 15) is 21.6 Å². The van der Waals surface area contributed by atoms with Gasteiger partial charge in [-0.15, -0.1) is 0 Å². The molecule has 0 saturated carbocycles. The number of para-hydroxylation sites is 1. The average Bonchev–Trinajstić information content (AvgIpc) is 3.05. The summed E-state index contributed by atoms with van der Waals surface area (Å²) in [5.74, 6) is 0.196. The predicted molar refractivity (Wildman–Crippen MR) is 113 cm³/mol. The molecule has 0 aromatic heterocycles. The second-order valence-electron chi connectivity index (χ2n) is 7.22. The molecule has 1 unspecified atom stereocenters. The summed E-state index contributed by atoms with van der Waals surface area (Å²) in [6, 6.07) is 12.3. The van der Waals surface area contributed by atoms with E-state index in [1.807, 2.05) is 24.3 Å². The van der Waals surface area contributed by atoms with Crippen LogP contribution in [0.5, 0.6) is 5.75 Å². The number of hydrogen-bond donors (Lipinski definition) is 1. The minimum atomic E-state index is -3.87. The van der Waals surface area contributed by atoms with Crippen molar-refractivity contribution in [1.29, 1.82) is 0 Å². The summed E-state index contributed by atoms with van der Waals surface area (Å²) in [4.78, 5) is 14.2. The van der Waals surface area contributed by atoms with Crippen LogP contribution < -0.4 is 9.46 Å². The molecule has 3 rings (SSSR count). The minimum Gasteiger partial charge on any atom is -0.496 e. The molecule has 0 aliphatic carbocycles. The highest BCUT2D eigenvalue weighted by Crippen LogP contribution is 2.20. The number of nitrogens with one attached hydrogen (secondary N) is 1. The summed E-state index contributed by atoms with van der Waals surface area (Å²) >= 11 is 0. The molecule has 1 atom stereocenters. The van der Waals surface area contributed by atoms with Crippen molar-refractivity contribution in [3.63, 3.8) is 0 Å². The standard InChI is InChI=1S/C20H24N2O6S2/c1-22(13-16-5-3-4-6-19(16)28-2)20(23)15-7-9-18(10-8-15)30(26,27)21-17-11-12-29(24,25)14-17/h3-10,17,21H,11-14H2,1-2H3. The van der Waals surface area contributed by atoms with Crippen molar-refractivity contribution >= 4 is 25.8 Å². The van der Waals surface area contributed by atoms with Crippen molar-refractivity contribution in [2.24, 2.45) is 0 Å². The first-order chi connectivity index (χ1) is 14.1. The number of amides is 1. The van der Waals surface area contributed by atoms with Crippen molar-refractivity contribution in [3.8, 4) is 5.75 Å². The Morgan fingerprint density at radius 2 is 1.83 bits per heavy atom. The van der Waals surface area contributed by atoms with E-state index in [-0.39, 0.29) is 28.7 Å². The lowest BCUT2D eigenvalue weighted by Gasteiger charge is -2.19. The summed E-state index contributed by atoms with van der Waals surface area (Å²) in [5.41, 5.74) is 1.19. The van der Waals surface area contributed by atoms with E-state index >= 15 is 0 Å². The molecule has 2 aromatic carbocycles. The molecule has 1 N–H and O–H groups in total. The molecule has 10 heteroatoms. The maximum Gasteiger partial charge on any atom is 0.253 e. The van der Waals surface area contributed by atoms with Crippen molar-refractivity contribution in [2.45, 2.75) is 23.9 Å². The molecule has 0 radical (unpaired) electrons. The SMILES string of the molecule is COc1ccccc1CN(C)C(=O)c1ccc(S(=O)(=O)NC2CCS(=O)(=O)C2)cc1. The van der Waals surface area contributed by atoms with Crippen LogP contribution in [0.25, 0.3) is 0 Å². The quantitative estimate of drug-likeness (QED) is 0.681. The molecule has 1 heterocycles. The van der Waals surface area contributed by atoms with Gasteiger partial charge in [0.1, 0.15) is 5.75 Å². The lowest BCUT2D eigenvalue weighted by molar-refractivity contribution is 0.0784. The number of sulfonamides is 1. The average molecular weight is 453 g/mol. The number of carbonyl (C=O) groups excluding carboxylic acids is 1. The Morgan fingerprint density at radius 3 is 2.43 bits per heavy atom. The van der Waals surface area contributed by atoms with Gasteiger partial charge in [0.15, 0.2) is 9.84 Å². The second kappa shape index (κ2) is 8.75. The van der Waals surface area contributed by atoms with Gasteiger partial charge < -0.3 is 9.64 Å². The minimum absolute atomic E-state index is 0.0178. The smallest absolute Gasteiger partial charge is 0.253 e. The summed E-state index contributed by atoms with van der Waals surface area (Å²) < 4.78 is 55.8. The second-order valence-corrected chi connectivity index (χ2v) is 11.2. The van der Waals surface area contributed by atoms with Gasteiger partial charge in [0.05, 0.1) is 23.5 Å². The molecule has 2 aromatic rings. The maximum atomic E-state index is 12.7. The summed E-state index contributed by atoms with van der Waals surface area (Å²) in [7, 11) is -3.85. The Kier molecular flexibility index (Phi) is 6.49. The lowest BCUT2D eigenvalue weighted by atomic mass is 10.1. The van der Waals surface area contributed by atoms with Crippen molar-refractivity contribution in [2.75, 3.05) is 25.7 Å². The Balaban J connectivity index is 1.69. The van der Waals surface area contributed by atoms with Gasteiger partial charge in [-0.1, -0.05) is 18.2 Å². The van der Waals surface area contributed by atoms with E-state index < -0.39 is 25.9 Å². The maximum absolute atomic E-state index is 12.7. The van der Waals surface area contributed by atoms with E-state index in [4.69, 9.17) is 4.74 Å². The molecule has 162 valence electrons. The zero-order chi connectivity index (χ0) is 21.9. The highest BCUT2D eigenvalue weighted by molar-refractivity contribution is 7.92. The third kappa shape index (κ3) is 5.18. The Bertz CT molecular complexity index is 1130. The first-order valence-electron chi connectivity index (χ1n) is 9.31. The molecule has 0 spiro atoms. The molecule has 1 fully saturated rings. The summed E-state index contributed by atoms with van der Waals surface area (Å²) in [6.07, 6.45) is 0.256. The monoisotopic (exact) mass is 452 g/mol. The topological polar surface area (TPSA) is 110 Å². The fraction of sp³-hybridized carbons (Fsp3) is 0.350. The zero-order valence-corrected chi connectivity index (χ0v) is 18.4. The van der Waals surface area contributed by atoms with Gasteiger partial charge in [-0.25, -0.2) is 21.6 Å². The lowest BCUT2D eigenvalue weighted by Crippen LogP contribution is -2.35. The highest BCUT2D eigenvalue weighted by Gasteiger charge is 2.31. The Hall–Kier alpha value is -2.43. The fourth-order valence-electron chi connectivity index (χ4n) is 3.33.